The molecule has 0 aromatic heterocycles. The Morgan fingerprint density at radius 2 is 2.25 bits per heavy atom. The summed E-state index contributed by atoms with van der Waals surface area (Å²) in [4.78, 5) is 0. The predicted octanol–water partition coefficient (Wildman–Crippen LogP) is 2.26. The number of nitriles is 1. The smallest absolute Gasteiger partial charge is 0.0663 e. The third-order valence-electron chi connectivity index (χ3n) is 0.831. The fourth-order valence-electron chi connectivity index (χ4n) is 0.421. The van der Waals surface area contributed by atoms with Gasteiger partial charge in [-0.3, -0.25) is 0 Å². The molecule has 0 aliphatic carbocycles. The lowest BCUT2D eigenvalue weighted by molar-refractivity contribution is 0.955. The van der Waals surface area contributed by atoms with Crippen molar-refractivity contribution in [3.05, 3.63) is 12.2 Å². The largest absolute Gasteiger partial charge is 0.198 e. The van der Waals surface area contributed by atoms with E-state index in [0.717, 1.165) is 6.42 Å². The summed E-state index contributed by atoms with van der Waals surface area (Å²) in [7, 11) is 0. The van der Waals surface area contributed by atoms with Crippen LogP contribution in [0.5, 0.6) is 0 Å². The number of allylic oxidation sites excluding steroid dienone is 2. The van der Waals surface area contributed by atoms with E-state index in [9.17, 15) is 0 Å². The molecule has 1 nitrogen and oxygen atoms in total. The van der Waals surface area contributed by atoms with Crippen molar-refractivity contribution in [2.24, 2.45) is 0 Å². The van der Waals surface area contributed by atoms with Gasteiger partial charge in [-0.2, -0.15) is 5.26 Å². The van der Waals surface area contributed by atoms with Gasteiger partial charge in [-0.15, -0.1) is 0 Å². The van der Waals surface area contributed by atoms with Gasteiger partial charge in [-0.1, -0.05) is 25.5 Å². The monoisotopic (exact) mass is 109 g/mol. The summed E-state index contributed by atoms with van der Waals surface area (Å²) >= 11 is 0. The van der Waals surface area contributed by atoms with E-state index in [-0.39, 0.29) is 0 Å². The van der Waals surface area contributed by atoms with E-state index in [0.29, 0.717) is 6.42 Å². The van der Waals surface area contributed by atoms with E-state index in [2.05, 4.69) is 6.92 Å². The zero-order chi connectivity index (χ0) is 6.24. The maximum Gasteiger partial charge on any atom is 0.0663 e. The molecular weight excluding hydrogens is 98.1 g/mol. The van der Waals surface area contributed by atoms with E-state index >= 15 is 0 Å². The highest BCUT2D eigenvalue weighted by Crippen LogP contribution is 1.88. The molecule has 0 radical (unpaired) electrons. The van der Waals surface area contributed by atoms with Crippen LogP contribution in [0.2, 0.25) is 0 Å². The lowest BCUT2D eigenvalue weighted by Crippen LogP contribution is -1.60. The summed E-state index contributed by atoms with van der Waals surface area (Å²) in [6.45, 7) is 2.12. The van der Waals surface area contributed by atoms with Gasteiger partial charge in [0.15, 0.2) is 0 Å². The normalized spacial score (nSPS) is 9.50. The van der Waals surface area contributed by atoms with Crippen molar-refractivity contribution in [1.82, 2.24) is 0 Å². The van der Waals surface area contributed by atoms with Gasteiger partial charge in [-0.05, 0) is 6.42 Å². The Morgan fingerprint density at radius 1 is 1.50 bits per heavy atom. The van der Waals surface area contributed by atoms with E-state index in [4.69, 9.17) is 5.26 Å². The van der Waals surface area contributed by atoms with E-state index in [1.165, 1.54) is 6.42 Å². The quantitative estimate of drug-likeness (QED) is 0.510. The van der Waals surface area contributed by atoms with E-state index in [1.807, 2.05) is 18.2 Å². The molecule has 0 N–H and O–H groups in total. The molecule has 1 heteroatoms. The molecule has 0 fully saturated rings. The second-order valence-electron chi connectivity index (χ2n) is 1.62. The first-order valence-electron chi connectivity index (χ1n) is 2.93. The average molecular weight is 109 g/mol. The van der Waals surface area contributed by atoms with Gasteiger partial charge < -0.3 is 0 Å². The molecule has 44 valence electrons. The Morgan fingerprint density at radius 3 is 2.75 bits per heavy atom. The molecule has 0 atom stereocenters. The maximum absolute atomic E-state index is 8.06. The number of hydrogen-bond donors (Lipinski definition) is 0. The van der Waals surface area contributed by atoms with E-state index < -0.39 is 0 Å². The molecule has 0 saturated carbocycles. The Labute approximate surface area is 50.6 Å². The van der Waals surface area contributed by atoms with Crippen molar-refractivity contribution in [2.45, 2.75) is 26.2 Å². The summed E-state index contributed by atoms with van der Waals surface area (Å²) < 4.78 is 0. The van der Waals surface area contributed by atoms with Crippen molar-refractivity contribution in [2.75, 3.05) is 0 Å². The second-order valence-corrected chi connectivity index (χ2v) is 1.62. The van der Waals surface area contributed by atoms with Gasteiger partial charge in [0.05, 0.1) is 12.5 Å². The van der Waals surface area contributed by atoms with Crippen molar-refractivity contribution in [3.63, 3.8) is 0 Å². The van der Waals surface area contributed by atoms with Gasteiger partial charge in [0.1, 0.15) is 0 Å². The summed E-state index contributed by atoms with van der Waals surface area (Å²) in [5.74, 6) is 0. The topological polar surface area (TPSA) is 23.8 Å². The molecular formula is C7H11N. The van der Waals surface area contributed by atoms with Gasteiger partial charge in [-0.25, -0.2) is 0 Å². The number of rotatable bonds is 3. The Balaban J connectivity index is 2.98. The van der Waals surface area contributed by atoms with Gasteiger partial charge in [0.25, 0.3) is 0 Å². The van der Waals surface area contributed by atoms with Crippen LogP contribution >= 0.6 is 0 Å². The lowest BCUT2D eigenvalue weighted by Gasteiger charge is -1.78. The highest BCUT2D eigenvalue weighted by atomic mass is 14.2. The van der Waals surface area contributed by atoms with Crippen LogP contribution in [-0.2, 0) is 0 Å². The molecule has 0 aliphatic rings. The van der Waals surface area contributed by atoms with Crippen LogP contribution in [0, 0.1) is 11.3 Å². The summed E-state index contributed by atoms with van der Waals surface area (Å²) in [6, 6.07) is 2.04. The Bertz CT molecular complexity index is 97.4. The number of hydrogen-bond acceptors (Lipinski definition) is 1. The standard InChI is InChI=1S/C7H11N/c1-2-3-4-5-6-7-8/h4-5H,2-3,6H2,1H3/b5-4+. The second kappa shape index (κ2) is 6.23. The lowest BCUT2D eigenvalue weighted by atomic mass is 10.3. The van der Waals surface area contributed by atoms with Crippen LogP contribution in [0.15, 0.2) is 12.2 Å². The Kier molecular flexibility index (Phi) is 5.63. The molecule has 0 aliphatic heterocycles. The van der Waals surface area contributed by atoms with Crippen molar-refractivity contribution in [1.29, 1.82) is 5.26 Å². The third kappa shape index (κ3) is 5.23. The average Bonchev–Trinajstić information content (AvgIpc) is 1.81. The van der Waals surface area contributed by atoms with Crippen LogP contribution < -0.4 is 0 Å². The van der Waals surface area contributed by atoms with Gasteiger partial charge in [0, 0.05) is 0 Å². The van der Waals surface area contributed by atoms with Crippen molar-refractivity contribution >= 4 is 0 Å². The molecule has 8 heavy (non-hydrogen) atoms. The third-order valence-corrected chi connectivity index (χ3v) is 0.831. The fourth-order valence-corrected chi connectivity index (χ4v) is 0.421. The van der Waals surface area contributed by atoms with Crippen LogP contribution in [-0.4, -0.2) is 0 Å². The van der Waals surface area contributed by atoms with E-state index in [1.54, 1.807) is 0 Å². The molecule has 0 unspecified atom stereocenters. The first-order valence-corrected chi connectivity index (χ1v) is 2.93. The van der Waals surface area contributed by atoms with Crippen LogP contribution in [0.1, 0.15) is 26.2 Å². The molecule has 0 aromatic carbocycles. The first kappa shape index (κ1) is 7.23. The molecule has 0 spiro atoms. The van der Waals surface area contributed by atoms with Crippen LogP contribution in [0.3, 0.4) is 0 Å². The maximum atomic E-state index is 8.06. The Hall–Kier alpha value is -0.770. The molecule has 0 rings (SSSR count). The molecule has 0 amide bonds. The van der Waals surface area contributed by atoms with Crippen LogP contribution in [0.25, 0.3) is 0 Å². The minimum absolute atomic E-state index is 0.556. The SMILES string of the molecule is CCC/C=C/CC#N. The van der Waals surface area contributed by atoms with Crippen molar-refractivity contribution < 1.29 is 0 Å². The van der Waals surface area contributed by atoms with Gasteiger partial charge >= 0.3 is 0 Å². The molecule has 0 saturated heterocycles. The first-order chi connectivity index (χ1) is 3.91. The minimum Gasteiger partial charge on any atom is -0.198 e. The van der Waals surface area contributed by atoms with Crippen LogP contribution in [0.4, 0.5) is 0 Å². The molecule has 0 bridgehead atoms. The molecule has 0 aromatic rings. The highest BCUT2D eigenvalue weighted by molar-refractivity contribution is 4.89. The predicted molar refractivity (Wildman–Crippen MR) is 34.3 cm³/mol. The zero-order valence-electron chi connectivity index (χ0n) is 5.22. The summed E-state index contributed by atoms with van der Waals surface area (Å²) in [5.41, 5.74) is 0. The number of nitrogens with zero attached hydrogens (tertiary/aromatic N) is 1. The minimum atomic E-state index is 0.556. The fraction of sp³-hybridized carbons (Fsp3) is 0.571. The van der Waals surface area contributed by atoms with Crippen molar-refractivity contribution in [3.8, 4) is 6.07 Å². The summed E-state index contributed by atoms with van der Waals surface area (Å²) in [6.07, 6.45) is 6.77. The highest BCUT2D eigenvalue weighted by Gasteiger charge is 1.71. The number of unbranched alkanes of at least 4 members (excludes halogenated alkanes) is 1. The van der Waals surface area contributed by atoms with Gasteiger partial charge in [0.2, 0.25) is 0 Å². The zero-order valence-corrected chi connectivity index (χ0v) is 5.22. The molecule has 0 heterocycles. The summed E-state index contributed by atoms with van der Waals surface area (Å²) in [5, 5.41) is 8.06.